The van der Waals surface area contributed by atoms with Crippen LogP contribution in [0.3, 0.4) is 0 Å². The summed E-state index contributed by atoms with van der Waals surface area (Å²) in [7, 11) is 1.53. The fraction of sp³-hybridized carbons (Fsp3) is 0.174. The number of thiazole rings is 1. The van der Waals surface area contributed by atoms with Crippen LogP contribution >= 0.6 is 27.3 Å². The second kappa shape index (κ2) is 10.4. The van der Waals surface area contributed by atoms with Crippen molar-refractivity contribution in [3.05, 3.63) is 83.7 Å². The van der Waals surface area contributed by atoms with Gasteiger partial charge in [0.05, 0.1) is 16.8 Å². The standard InChI is InChI=1S/C23H20BrN3O3S/c1-15-6-3-4-9-19(15)27-22(29)20(13-16-7-5-8-17(24)12-16)31-23(27)18(14-25)21(28)26-10-11-30-2/h3-9,12-13H,10-11H2,1-2H3,(H,26,28)/b20-13-,23-18-. The van der Waals surface area contributed by atoms with Crippen molar-refractivity contribution in [3.8, 4) is 11.8 Å². The molecule has 0 saturated heterocycles. The number of nitriles is 1. The van der Waals surface area contributed by atoms with E-state index in [1.54, 1.807) is 12.1 Å². The molecule has 6 nitrogen and oxygen atoms in total. The molecule has 0 bridgehead atoms. The van der Waals surface area contributed by atoms with Gasteiger partial charge in [0.25, 0.3) is 11.5 Å². The third-order valence-corrected chi connectivity index (χ3v) is 6.06. The van der Waals surface area contributed by atoms with Crippen molar-refractivity contribution < 1.29 is 9.53 Å². The lowest BCUT2D eigenvalue weighted by Gasteiger charge is -2.07. The number of aryl methyl sites for hydroxylation is 1. The number of nitrogens with zero attached hydrogens (tertiary/aromatic N) is 2. The molecule has 8 heteroatoms. The number of hydrogen-bond donors (Lipinski definition) is 1. The SMILES string of the molecule is COCCNC(=O)/C(C#N)=c1\s/c(=C\c2cccc(Br)c2)c(=O)n1-c1ccccc1C. The summed E-state index contributed by atoms with van der Waals surface area (Å²) in [5.41, 5.74) is 1.92. The van der Waals surface area contributed by atoms with Gasteiger partial charge >= 0.3 is 0 Å². The van der Waals surface area contributed by atoms with Gasteiger partial charge in [0.15, 0.2) is 5.57 Å². The third-order valence-electron chi connectivity index (χ3n) is 4.47. The molecule has 1 heterocycles. The zero-order valence-corrected chi connectivity index (χ0v) is 19.4. The average Bonchev–Trinajstić information content (AvgIpc) is 3.05. The summed E-state index contributed by atoms with van der Waals surface area (Å²) < 4.78 is 8.00. The van der Waals surface area contributed by atoms with E-state index in [-0.39, 0.29) is 22.3 Å². The molecule has 0 unspecified atom stereocenters. The lowest BCUT2D eigenvalue weighted by molar-refractivity contribution is -0.115. The minimum Gasteiger partial charge on any atom is -0.383 e. The molecule has 0 spiro atoms. The Hall–Kier alpha value is -2.99. The van der Waals surface area contributed by atoms with E-state index < -0.39 is 5.91 Å². The molecule has 1 aromatic heterocycles. The molecular weight excluding hydrogens is 478 g/mol. The van der Waals surface area contributed by atoms with Crippen LogP contribution in [0.25, 0.3) is 17.3 Å². The highest BCUT2D eigenvalue weighted by molar-refractivity contribution is 9.10. The Balaban J connectivity index is 2.32. The van der Waals surface area contributed by atoms with Gasteiger partial charge in [-0.25, -0.2) is 0 Å². The Morgan fingerprint density at radius 1 is 1.29 bits per heavy atom. The van der Waals surface area contributed by atoms with Crippen LogP contribution in [-0.4, -0.2) is 30.7 Å². The zero-order valence-electron chi connectivity index (χ0n) is 17.0. The monoisotopic (exact) mass is 497 g/mol. The summed E-state index contributed by atoms with van der Waals surface area (Å²) in [5.74, 6) is -0.544. The minimum absolute atomic E-state index is 0.115. The molecule has 0 aliphatic rings. The van der Waals surface area contributed by atoms with Crippen LogP contribution in [0, 0.1) is 18.3 Å². The minimum atomic E-state index is -0.544. The average molecular weight is 498 g/mol. The van der Waals surface area contributed by atoms with Crippen molar-refractivity contribution in [3.63, 3.8) is 0 Å². The molecule has 1 amide bonds. The Morgan fingerprint density at radius 3 is 2.74 bits per heavy atom. The predicted molar refractivity (Wildman–Crippen MR) is 126 cm³/mol. The first-order valence-electron chi connectivity index (χ1n) is 9.43. The maximum atomic E-state index is 13.4. The number of amides is 1. The number of hydrogen-bond acceptors (Lipinski definition) is 5. The first-order valence-corrected chi connectivity index (χ1v) is 11.0. The predicted octanol–water partition coefficient (Wildman–Crippen LogP) is 2.24. The van der Waals surface area contributed by atoms with Crippen LogP contribution in [0.4, 0.5) is 0 Å². The number of benzene rings is 2. The molecular formula is C23H20BrN3O3S. The number of halogens is 1. The summed E-state index contributed by atoms with van der Waals surface area (Å²) >= 11 is 4.55. The molecule has 0 aliphatic carbocycles. The molecule has 3 aromatic rings. The van der Waals surface area contributed by atoms with Crippen molar-refractivity contribution in [2.45, 2.75) is 6.92 Å². The van der Waals surface area contributed by atoms with Crippen LogP contribution in [0.2, 0.25) is 0 Å². The molecule has 158 valence electrons. The van der Waals surface area contributed by atoms with E-state index >= 15 is 0 Å². The van der Waals surface area contributed by atoms with Gasteiger partial charge in [0, 0.05) is 18.1 Å². The maximum Gasteiger partial charge on any atom is 0.273 e. The lowest BCUT2D eigenvalue weighted by Crippen LogP contribution is -2.35. The smallest absolute Gasteiger partial charge is 0.273 e. The topological polar surface area (TPSA) is 84.1 Å². The van der Waals surface area contributed by atoms with Crippen molar-refractivity contribution in [2.24, 2.45) is 0 Å². The van der Waals surface area contributed by atoms with E-state index in [2.05, 4.69) is 21.2 Å². The zero-order chi connectivity index (χ0) is 22.4. The summed E-state index contributed by atoms with van der Waals surface area (Å²) in [6.45, 7) is 2.46. The van der Waals surface area contributed by atoms with Crippen LogP contribution in [-0.2, 0) is 9.53 Å². The summed E-state index contributed by atoms with van der Waals surface area (Å²) in [5, 5.41) is 12.4. The number of para-hydroxylation sites is 1. The third kappa shape index (κ3) is 5.20. The molecule has 0 saturated carbocycles. The van der Waals surface area contributed by atoms with Crippen LogP contribution in [0.5, 0.6) is 0 Å². The van der Waals surface area contributed by atoms with Gasteiger partial charge in [-0.15, -0.1) is 11.3 Å². The highest BCUT2D eigenvalue weighted by Crippen LogP contribution is 2.13. The highest BCUT2D eigenvalue weighted by Gasteiger charge is 2.17. The maximum absolute atomic E-state index is 13.4. The Labute approximate surface area is 191 Å². The van der Waals surface area contributed by atoms with E-state index in [1.165, 1.54) is 11.7 Å². The number of carbonyl (C=O) groups excluding carboxylic acids is 1. The van der Waals surface area contributed by atoms with Crippen molar-refractivity contribution in [2.75, 3.05) is 20.3 Å². The number of ether oxygens (including phenoxy) is 1. The van der Waals surface area contributed by atoms with Crippen LogP contribution in [0.1, 0.15) is 11.1 Å². The Kier molecular flexibility index (Phi) is 7.58. The van der Waals surface area contributed by atoms with E-state index in [1.807, 2.05) is 55.5 Å². The normalized spacial score (nSPS) is 12.4. The van der Waals surface area contributed by atoms with Crippen molar-refractivity contribution in [1.29, 1.82) is 5.26 Å². The van der Waals surface area contributed by atoms with Gasteiger partial charge in [-0.1, -0.05) is 46.3 Å². The van der Waals surface area contributed by atoms with Gasteiger partial charge in [-0.05, 0) is 42.3 Å². The van der Waals surface area contributed by atoms with E-state index in [0.29, 0.717) is 16.8 Å². The first-order chi connectivity index (χ1) is 15.0. The summed E-state index contributed by atoms with van der Waals surface area (Å²) in [6, 6.07) is 16.9. The highest BCUT2D eigenvalue weighted by atomic mass is 79.9. The number of aromatic nitrogens is 1. The molecule has 3 rings (SSSR count). The van der Waals surface area contributed by atoms with Crippen molar-refractivity contribution >= 4 is 44.8 Å². The van der Waals surface area contributed by atoms with E-state index in [4.69, 9.17) is 4.74 Å². The fourth-order valence-electron chi connectivity index (χ4n) is 2.98. The molecule has 0 atom stereocenters. The van der Waals surface area contributed by atoms with Crippen LogP contribution < -0.4 is 20.1 Å². The Morgan fingerprint density at radius 2 is 2.06 bits per heavy atom. The summed E-state index contributed by atoms with van der Waals surface area (Å²) in [4.78, 5) is 26.1. The number of methoxy groups -OCH3 is 1. The molecule has 0 fully saturated rings. The molecule has 31 heavy (non-hydrogen) atoms. The van der Waals surface area contributed by atoms with Gasteiger partial charge in [-0.2, -0.15) is 5.26 Å². The van der Waals surface area contributed by atoms with Crippen molar-refractivity contribution in [1.82, 2.24) is 9.88 Å². The first kappa shape index (κ1) is 22.7. The van der Waals surface area contributed by atoms with Crippen LogP contribution in [0.15, 0.2) is 57.8 Å². The number of nitrogens with one attached hydrogen (secondary N) is 1. The fourth-order valence-corrected chi connectivity index (χ4v) is 4.49. The van der Waals surface area contributed by atoms with Gasteiger partial charge in [0.2, 0.25) is 0 Å². The molecule has 0 radical (unpaired) electrons. The molecule has 2 aromatic carbocycles. The van der Waals surface area contributed by atoms with E-state index in [9.17, 15) is 14.9 Å². The lowest BCUT2D eigenvalue weighted by atomic mass is 10.2. The summed E-state index contributed by atoms with van der Waals surface area (Å²) in [6.07, 6.45) is 1.76. The van der Waals surface area contributed by atoms with Gasteiger partial charge < -0.3 is 10.1 Å². The largest absolute Gasteiger partial charge is 0.383 e. The quantitative estimate of drug-likeness (QED) is 0.529. The number of carbonyl (C=O) groups is 1. The second-order valence-corrected chi connectivity index (χ2v) is 8.58. The Bertz CT molecular complexity index is 1340. The number of rotatable bonds is 6. The van der Waals surface area contributed by atoms with E-state index in [0.717, 1.165) is 26.9 Å². The van der Waals surface area contributed by atoms with Gasteiger partial charge in [0.1, 0.15) is 10.7 Å². The molecule has 1 N–H and O–H groups in total. The van der Waals surface area contributed by atoms with Gasteiger partial charge in [-0.3, -0.25) is 14.2 Å². The molecule has 0 aliphatic heterocycles. The second-order valence-electron chi connectivity index (χ2n) is 6.63.